The molecule has 0 aliphatic heterocycles. The number of ether oxygens (including phenoxy) is 1. The zero-order valence-corrected chi connectivity index (χ0v) is 37.8. The van der Waals surface area contributed by atoms with Gasteiger partial charge in [0.05, 0.1) is 25.4 Å². The molecule has 0 aromatic heterocycles. The minimum atomic E-state index is -0.851. The lowest BCUT2D eigenvalue weighted by Gasteiger charge is -2.20. The van der Waals surface area contributed by atoms with Crippen LogP contribution in [0.3, 0.4) is 0 Å². The lowest BCUT2D eigenvalue weighted by atomic mass is 10.1. The second kappa shape index (κ2) is 46.8. The summed E-state index contributed by atoms with van der Waals surface area (Å²) >= 11 is 0. The predicted octanol–water partition coefficient (Wildman–Crippen LogP) is 14.5. The molecule has 0 rings (SSSR count). The van der Waals surface area contributed by atoms with Crippen LogP contribution in [0.4, 0.5) is 0 Å². The Bertz CT molecular complexity index is 931. The number of rotatable bonds is 45. The topological polar surface area (TPSA) is 95.9 Å². The number of carbonyl (C=O) groups excluding carboxylic acids is 2. The Balaban J connectivity index is 3.47. The van der Waals surface area contributed by atoms with Gasteiger partial charge in [0.2, 0.25) is 5.91 Å². The largest absolute Gasteiger partial charge is 0.466 e. The molecule has 0 radical (unpaired) electrons. The molecule has 1 amide bonds. The van der Waals surface area contributed by atoms with Gasteiger partial charge in [-0.25, -0.2) is 0 Å². The fourth-order valence-electron chi connectivity index (χ4n) is 7.27. The summed E-state index contributed by atoms with van der Waals surface area (Å²) < 4.78 is 5.44. The van der Waals surface area contributed by atoms with E-state index in [1.165, 1.54) is 161 Å². The molecule has 334 valence electrons. The van der Waals surface area contributed by atoms with Crippen molar-refractivity contribution in [3.63, 3.8) is 0 Å². The molecule has 0 fully saturated rings. The van der Waals surface area contributed by atoms with Crippen LogP contribution in [0.2, 0.25) is 0 Å². The molecule has 57 heavy (non-hydrogen) atoms. The summed E-state index contributed by atoms with van der Waals surface area (Å²) in [5.74, 6) is -0.0947. The number of hydrogen-bond acceptors (Lipinski definition) is 5. The van der Waals surface area contributed by atoms with E-state index in [2.05, 4.69) is 43.5 Å². The van der Waals surface area contributed by atoms with Gasteiger partial charge in [-0.15, -0.1) is 0 Å². The number of aliphatic hydroxyl groups is 2. The molecule has 0 aliphatic rings. The van der Waals surface area contributed by atoms with Crippen LogP contribution in [0.1, 0.15) is 251 Å². The first-order chi connectivity index (χ1) is 28.0. The van der Waals surface area contributed by atoms with Gasteiger partial charge in [0.1, 0.15) is 0 Å². The number of nitrogens with one attached hydrogen (secondary N) is 1. The molecule has 0 heterocycles. The van der Waals surface area contributed by atoms with Crippen molar-refractivity contribution in [2.24, 2.45) is 0 Å². The quantitative estimate of drug-likeness (QED) is 0.0324. The van der Waals surface area contributed by atoms with E-state index in [9.17, 15) is 19.8 Å². The number of amides is 1. The Hall–Kier alpha value is -1.92. The molecule has 2 atom stereocenters. The minimum absolute atomic E-state index is 0.00904. The molecular formula is C51H95NO5. The minimum Gasteiger partial charge on any atom is -0.466 e. The van der Waals surface area contributed by atoms with Gasteiger partial charge in [-0.1, -0.05) is 192 Å². The molecule has 0 aromatic rings. The number of unbranched alkanes of at least 4 members (excludes halogenated alkanes) is 30. The molecule has 0 saturated heterocycles. The second-order valence-corrected chi connectivity index (χ2v) is 16.8. The third-order valence-electron chi connectivity index (χ3n) is 11.1. The van der Waals surface area contributed by atoms with E-state index in [0.717, 1.165) is 64.2 Å². The van der Waals surface area contributed by atoms with Crippen LogP contribution in [-0.2, 0) is 14.3 Å². The Morgan fingerprint density at radius 1 is 0.474 bits per heavy atom. The van der Waals surface area contributed by atoms with E-state index >= 15 is 0 Å². The molecule has 0 bridgehead atoms. The third kappa shape index (κ3) is 43.5. The average molecular weight is 802 g/mol. The van der Waals surface area contributed by atoms with Gasteiger partial charge in [-0.3, -0.25) is 9.59 Å². The van der Waals surface area contributed by atoms with E-state index in [0.29, 0.717) is 19.4 Å². The highest BCUT2D eigenvalue weighted by atomic mass is 16.5. The highest BCUT2D eigenvalue weighted by Gasteiger charge is 2.18. The third-order valence-corrected chi connectivity index (χ3v) is 11.1. The Morgan fingerprint density at radius 3 is 1.28 bits per heavy atom. The van der Waals surface area contributed by atoms with Crippen LogP contribution in [0, 0.1) is 0 Å². The Morgan fingerprint density at radius 2 is 0.825 bits per heavy atom. The lowest BCUT2D eigenvalue weighted by molar-refractivity contribution is -0.143. The van der Waals surface area contributed by atoms with Gasteiger partial charge in [-0.2, -0.15) is 0 Å². The molecule has 6 heteroatoms. The number of hydrogen-bond donors (Lipinski definition) is 3. The Labute approximate surface area is 353 Å². The standard InChI is InChI=1S/C51H95NO5/c1-3-5-7-9-11-13-15-25-29-33-37-41-45-51(56)57-46-42-38-34-30-26-23-21-19-17-16-18-20-22-24-28-32-36-40-44-50(55)52-48(47-53)49(54)43-39-35-31-27-14-12-10-8-6-4-2/h11,13,18,20,39,43,48-49,53-54H,3-10,12,14-17,19,21-38,40-42,44-47H2,1-2H3,(H,52,55)/b13-11-,20-18-,43-39+. The van der Waals surface area contributed by atoms with Crippen molar-refractivity contribution in [2.45, 2.75) is 264 Å². The highest BCUT2D eigenvalue weighted by molar-refractivity contribution is 5.76. The summed E-state index contributed by atoms with van der Waals surface area (Å²) in [5, 5.41) is 22.9. The summed E-state index contributed by atoms with van der Waals surface area (Å²) in [6.07, 6.45) is 55.7. The summed E-state index contributed by atoms with van der Waals surface area (Å²) in [5.41, 5.74) is 0. The molecule has 0 saturated carbocycles. The van der Waals surface area contributed by atoms with E-state index in [1.807, 2.05) is 6.08 Å². The maximum Gasteiger partial charge on any atom is 0.305 e. The second-order valence-electron chi connectivity index (χ2n) is 16.8. The van der Waals surface area contributed by atoms with Crippen LogP contribution in [-0.4, -0.2) is 47.4 Å². The average Bonchev–Trinajstić information content (AvgIpc) is 3.21. The predicted molar refractivity (Wildman–Crippen MR) is 246 cm³/mol. The molecule has 0 spiro atoms. The van der Waals surface area contributed by atoms with Gasteiger partial charge in [0.25, 0.3) is 0 Å². The highest BCUT2D eigenvalue weighted by Crippen LogP contribution is 2.14. The van der Waals surface area contributed by atoms with E-state index in [-0.39, 0.29) is 18.5 Å². The summed E-state index contributed by atoms with van der Waals surface area (Å²) in [6, 6.07) is -0.636. The summed E-state index contributed by atoms with van der Waals surface area (Å²) in [4.78, 5) is 24.3. The number of aliphatic hydroxyl groups excluding tert-OH is 2. The van der Waals surface area contributed by atoms with E-state index in [1.54, 1.807) is 6.08 Å². The van der Waals surface area contributed by atoms with Gasteiger partial charge < -0.3 is 20.3 Å². The molecule has 2 unspecified atom stereocenters. The van der Waals surface area contributed by atoms with Crippen molar-refractivity contribution >= 4 is 11.9 Å². The van der Waals surface area contributed by atoms with Gasteiger partial charge in [0.15, 0.2) is 0 Å². The van der Waals surface area contributed by atoms with Gasteiger partial charge in [-0.05, 0) is 83.5 Å². The van der Waals surface area contributed by atoms with Crippen LogP contribution < -0.4 is 5.32 Å². The smallest absolute Gasteiger partial charge is 0.305 e. The summed E-state index contributed by atoms with van der Waals surface area (Å²) in [6.45, 7) is 4.83. The van der Waals surface area contributed by atoms with E-state index < -0.39 is 12.1 Å². The van der Waals surface area contributed by atoms with Crippen molar-refractivity contribution in [2.75, 3.05) is 13.2 Å². The Kier molecular flexibility index (Phi) is 45.2. The molecule has 0 aliphatic carbocycles. The van der Waals surface area contributed by atoms with Gasteiger partial charge in [0, 0.05) is 12.8 Å². The zero-order chi connectivity index (χ0) is 41.5. The normalized spacial score (nSPS) is 13.0. The van der Waals surface area contributed by atoms with Crippen molar-refractivity contribution in [3.05, 3.63) is 36.5 Å². The zero-order valence-electron chi connectivity index (χ0n) is 37.8. The van der Waals surface area contributed by atoms with Crippen molar-refractivity contribution in [1.82, 2.24) is 5.32 Å². The molecular weight excluding hydrogens is 707 g/mol. The number of carbonyl (C=O) groups is 2. The van der Waals surface area contributed by atoms with Crippen molar-refractivity contribution < 1.29 is 24.5 Å². The summed E-state index contributed by atoms with van der Waals surface area (Å²) in [7, 11) is 0. The van der Waals surface area contributed by atoms with Gasteiger partial charge >= 0.3 is 5.97 Å². The van der Waals surface area contributed by atoms with Crippen LogP contribution in [0.15, 0.2) is 36.5 Å². The first-order valence-corrected chi connectivity index (χ1v) is 24.8. The number of esters is 1. The fourth-order valence-corrected chi connectivity index (χ4v) is 7.27. The first-order valence-electron chi connectivity index (χ1n) is 24.8. The van der Waals surface area contributed by atoms with E-state index in [4.69, 9.17) is 4.74 Å². The van der Waals surface area contributed by atoms with Crippen LogP contribution in [0.5, 0.6) is 0 Å². The molecule has 6 nitrogen and oxygen atoms in total. The van der Waals surface area contributed by atoms with Crippen molar-refractivity contribution in [1.29, 1.82) is 0 Å². The maximum atomic E-state index is 12.4. The maximum absolute atomic E-state index is 12.4. The lowest BCUT2D eigenvalue weighted by Crippen LogP contribution is -2.45. The molecule has 3 N–H and O–H groups in total. The SMILES string of the molecule is CCCCC/C=C\CCCCCCCC(=O)OCCCCCCCCCCC/C=C\CCCCCCCC(=O)NC(CO)C(O)/C=C/CCCCCCCCCC. The van der Waals surface area contributed by atoms with Crippen LogP contribution in [0.25, 0.3) is 0 Å². The van der Waals surface area contributed by atoms with Crippen molar-refractivity contribution in [3.8, 4) is 0 Å². The molecule has 0 aromatic carbocycles. The fraction of sp³-hybridized carbons (Fsp3) is 0.843. The van der Waals surface area contributed by atoms with Crippen LogP contribution >= 0.6 is 0 Å². The first kappa shape index (κ1) is 55.1. The monoisotopic (exact) mass is 802 g/mol. The number of allylic oxidation sites excluding steroid dienone is 5.